The quantitative estimate of drug-likeness (QED) is 0.722. The van der Waals surface area contributed by atoms with E-state index in [1.807, 2.05) is 18.6 Å². The van der Waals surface area contributed by atoms with Crippen LogP contribution in [0.15, 0.2) is 53.4 Å². The summed E-state index contributed by atoms with van der Waals surface area (Å²) in [6.45, 7) is 4.00. The second-order valence-corrected chi connectivity index (χ2v) is 6.55. The van der Waals surface area contributed by atoms with Crippen molar-refractivity contribution in [3.05, 3.63) is 54.1 Å². The van der Waals surface area contributed by atoms with Gasteiger partial charge in [-0.05, 0) is 36.4 Å². The third-order valence-electron chi connectivity index (χ3n) is 3.23. The highest BCUT2D eigenvalue weighted by molar-refractivity contribution is 7.90. The largest absolute Gasteiger partial charge is 0.496 e. The minimum absolute atomic E-state index is 0.103. The van der Waals surface area contributed by atoms with Crippen molar-refractivity contribution in [2.24, 2.45) is 0 Å². The number of nitrogens with one attached hydrogen (secondary N) is 3. The van der Waals surface area contributed by atoms with Gasteiger partial charge in [-0.1, -0.05) is 26.0 Å². The molecule has 0 saturated carbocycles. The van der Waals surface area contributed by atoms with E-state index in [4.69, 9.17) is 4.74 Å². The highest BCUT2D eigenvalue weighted by Gasteiger charge is 2.20. The second-order valence-electron chi connectivity index (χ2n) is 4.86. The van der Waals surface area contributed by atoms with Crippen LogP contribution in [0.4, 0.5) is 10.5 Å². The van der Waals surface area contributed by atoms with Crippen molar-refractivity contribution in [2.45, 2.75) is 18.7 Å². The topological polar surface area (TPSA) is 114 Å². The number of anilines is 1. The fraction of sp³-hybridized carbons (Fsp3) is 0.222. The van der Waals surface area contributed by atoms with Crippen molar-refractivity contribution in [2.75, 3.05) is 19.5 Å². The van der Waals surface area contributed by atoms with Crippen LogP contribution in [0, 0.1) is 0 Å². The van der Waals surface area contributed by atoms with E-state index in [0.29, 0.717) is 5.69 Å². The van der Waals surface area contributed by atoms with E-state index >= 15 is 0 Å². The number of carbonyl (C=O) groups is 2. The van der Waals surface area contributed by atoms with Gasteiger partial charge in [-0.2, -0.15) is 0 Å². The van der Waals surface area contributed by atoms with Gasteiger partial charge in [0.15, 0.2) is 0 Å². The third-order valence-corrected chi connectivity index (χ3v) is 4.58. The normalized spacial score (nSPS) is 10.1. The molecule has 0 fully saturated rings. The average molecular weight is 393 g/mol. The standard InChI is InChI=1S/C16H17N3O5S.C2H6/c1-17-16(21)18-11-7-9-12(10-8-11)25(22,23)19-15(20)13-5-3-4-6-14(13)24-2;1-2/h3-10H,1-2H3,(H,19,20)(H2,17,18,21);1-2H3. The Morgan fingerprint density at radius 2 is 1.56 bits per heavy atom. The number of para-hydroxylation sites is 1. The number of rotatable bonds is 5. The van der Waals surface area contributed by atoms with Gasteiger partial charge in [-0.3, -0.25) is 4.79 Å². The van der Waals surface area contributed by atoms with Crippen LogP contribution in [0.5, 0.6) is 5.75 Å². The molecule has 0 saturated heterocycles. The number of carbonyl (C=O) groups excluding carboxylic acids is 2. The molecule has 3 amide bonds. The smallest absolute Gasteiger partial charge is 0.318 e. The van der Waals surface area contributed by atoms with Crippen molar-refractivity contribution in [3.63, 3.8) is 0 Å². The van der Waals surface area contributed by atoms with E-state index < -0.39 is 22.0 Å². The number of urea groups is 1. The van der Waals surface area contributed by atoms with E-state index in [1.165, 1.54) is 44.5 Å². The van der Waals surface area contributed by atoms with Crippen LogP contribution in [0.3, 0.4) is 0 Å². The first-order chi connectivity index (χ1) is 12.9. The molecule has 0 aliphatic heterocycles. The van der Waals surface area contributed by atoms with Crippen LogP contribution in [0.1, 0.15) is 24.2 Å². The lowest BCUT2D eigenvalue weighted by Gasteiger charge is -2.10. The summed E-state index contributed by atoms with van der Waals surface area (Å²) in [6.07, 6.45) is 0. The molecule has 0 radical (unpaired) electrons. The van der Waals surface area contributed by atoms with Crippen LogP contribution < -0.4 is 20.1 Å². The van der Waals surface area contributed by atoms with Crippen LogP contribution in [0.25, 0.3) is 0 Å². The maximum Gasteiger partial charge on any atom is 0.318 e. The van der Waals surface area contributed by atoms with Gasteiger partial charge in [-0.15, -0.1) is 0 Å². The highest BCUT2D eigenvalue weighted by Crippen LogP contribution is 2.19. The fourth-order valence-corrected chi connectivity index (χ4v) is 2.95. The molecule has 9 heteroatoms. The molecule has 2 aromatic carbocycles. The predicted molar refractivity (Wildman–Crippen MR) is 104 cm³/mol. The Kier molecular flexibility index (Phi) is 8.28. The van der Waals surface area contributed by atoms with Gasteiger partial charge < -0.3 is 15.4 Å². The third kappa shape index (κ3) is 6.00. The molecule has 0 spiro atoms. The number of methoxy groups -OCH3 is 1. The van der Waals surface area contributed by atoms with Crippen molar-refractivity contribution in [1.82, 2.24) is 10.0 Å². The maximum absolute atomic E-state index is 12.3. The van der Waals surface area contributed by atoms with Crippen molar-refractivity contribution in [3.8, 4) is 5.75 Å². The van der Waals surface area contributed by atoms with Crippen LogP contribution >= 0.6 is 0 Å². The molecule has 0 unspecified atom stereocenters. The minimum atomic E-state index is -4.07. The van der Waals surface area contributed by atoms with E-state index in [2.05, 4.69) is 10.6 Å². The lowest BCUT2D eigenvalue weighted by Crippen LogP contribution is -2.31. The van der Waals surface area contributed by atoms with Crippen LogP contribution in [0.2, 0.25) is 0 Å². The zero-order chi connectivity index (χ0) is 20.4. The Labute approximate surface area is 159 Å². The van der Waals surface area contributed by atoms with Gasteiger partial charge in [-0.25, -0.2) is 17.9 Å². The molecular formula is C18H23N3O5S. The Morgan fingerprint density at radius 3 is 2.11 bits per heavy atom. The monoisotopic (exact) mass is 393 g/mol. The van der Waals surface area contributed by atoms with Gasteiger partial charge in [0.1, 0.15) is 5.75 Å². The van der Waals surface area contributed by atoms with Gasteiger partial charge >= 0.3 is 6.03 Å². The summed E-state index contributed by atoms with van der Waals surface area (Å²) >= 11 is 0. The molecule has 0 atom stereocenters. The van der Waals surface area contributed by atoms with Crippen LogP contribution in [-0.2, 0) is 10.0 Å². The molecule has 8 nitrogen and oxygen atoms in total. The number of benzene rings is 2. The van der Waals surface area contributed by atoms with E-state index in [9.17, 15) is 18.0 Å². The van der Waals surface area contributed by atoms with Crippen LogP contribution in [-0.4, -0.2) is 34.5 Å². The fourth-order valence-electron chi connectivity index (χ4n) is 1.98. The molecule has 2 rings (SSSR count). The molecule has 0 aromatic heterocycles. The number of sulfonamides is 1. The molecule has 0 bridgehead atoms. The molecule has 146 valence electrons. The summed E-state index contributed by atoms with van der Waals surface area (Å²) in [7, 11) is -1.22. The second kappa shape index (κ2) is 10.2. The molecule has 2 aromatic rings. The van der Waals surface area contributed by atoms with E-state index in [0.717, 1.165) is 0 Å². The first-order valence-corrected chi connectivity index (χ1v) is 9.64. The van der Waals surface area contributed by atoms with Gasteiger partial charge in [0.25, 0.3) is 15.9 Å². The molecule has 0 heterocycles. The minimum Gasteiger partial charge on any atom is -0.496 e. The molecule has 0 aliphatic carbocycles. The summed E-state index contributed by atoms with van der Waals surface area (Å²) in [4.78, 5) is 23.3. The van der Waals surface area contributed by atoms with Gasteiger partial charge in [0.05, 0.1) is 17.6 Å². The lowest BCUT2D eigenvalue weighted by molar-refractivity contribution is 0.0978. The van der Waals surface area contributed by atoms with E-state index in [-0.39, 0.29) is 16.2 Å². The SMILES string of the molecule is CC.CNC(=O)Nc1ccc(S(=O)(=O)NC(=O)c2ccccc2OC)cc1. The first kappa shape index (κ1) is 22.0. The van der Waals surface area contributed by atoms with Crippen molar-refractivity contribution < 1.29 is 22.7 Å². The lowest BCUT2D eigenvalue weighted by atomic mass is 10.2. The van der Waals surface area contributed by atoms with Gasteiger partial charge in [0, 0.05) is 12.7 Å². The van der Waals surface area contributed by atoms with E-state index in [1.54, 1.807) is 18.2 Å². The molecule has 3 N–H and O–H groups in total. The molecular weight excluding hydrogens is 370 g/mol. The summed E-state index contributed by atoms with van der Waals surface area (Å²) in [5.41, 5.74) is 0.515. The zero-order valence-electron chi connectivity index (χ0n) is 15.6. The Morgan fingerprint density at radius 1 is 0.963 bits per heavy atom. The molecule has 27 heavy (non-hydrogen) atoms. The number of amides is 3. The number of hydrogen-bond acceptors (Lipinski definition) is 5. The summed E-state index contributed by atoms with van der Waals surface area (Å²) in [5.74, 6) is -0.537. The first-order valence-electron chi connectivity index (χ1n) is 8.16. The number of hydrogen-bond donors (Lipinski definition) is 3. The Bertz CT molecular complexity index is 880. The zero-order valence-corrected chi connectivity index (χ0v) is 16.4. The Hall–Kier alpha value is -3.07. The van der Waals surface area contributed by atoms with Crippen molar-refractivity contribution in [1.29, 1.82) is 0 Å². The van der Waals surface area contributed by atoms with Gasteiger partial charge in [0.2, 0.25) is 0 Å². The highest BCUT2D eigenvalue weighted by atomic mass is 32.2. The summed E-state index contributed by atoms with van der Waals surface area (Å²) in [5, 5.41) is 4.88. The summed E-state index contributed by atoms with van der Waals surface area (Å²) < 4.78 is 31.7. The Balaban J connectivity index is 0.00000176. The average Bonchev–Trinajstić information content (AvgIpc) is 2.69. The molecule has 0 aliphatic rings. The number of ether oxygens (including phenoxy) is 1. The maximum atomic E-state index is 12.3. The summed E-state index contributed by atoms with van der Waals surface area (Å²) in [6, 6.07) is 11.2. The predicted octanol–water partition coefficient (Wildman–Crippen LogP) is 2.59. The van der Waals surface area contributed by atoms with Crippen molar-refractivity contribution >= 4 is 27.6 Å².